The van der Waals surface area contributed by atoms with Gasteiger partial charge in [0.2, 0.25) is 0 Å². The summed E-state index contributed by atoms with van der Waals surface area (Å²) in [6.07, 6.45) is 1.89. The number of aliphatic hydroxyl groups excluding tert-OH is 1. The standard InChI is InChI=1S/C15H19BrN2O2/c1-9(2)13(19)6-7-17-15(20)10-8-18-12-5-3-4-11(16)14(10)12/h3-5,8-9,13,18-19H,6-7H2,1-2H3,(H,17,20). The minimum Gasteiger partial charge on any atom is -0.393 e. The van der Waals surface area contributed by atoms with E-state index in [1.807, 2.05) is 32.0 Å². The molecule has 1 amide bonds. The number of nitrogens with one attached hydrogen (secondary N) is 2. The van der Waals surface area contributed by atoms with E-state index in [2.05, 4.69) is 26.2 Å². The van der Waals surface area contributed by atoms with Crippen LogP contribution >= 0.6 is 15.9 Å². The van der Waals surface area contributed by atoms with Crippen LogP contribution in [0, 0.1) is 5.92 Å². The maximum Gasteiger partial charge on any atom is 0.253 e. The van der Waals surface area contributed by atoms with Gasteiger partial charge in [0.05, 0.1) is 11.7 Å². The van der Waals surface area contributed by atoms with E-state index < -0.39 is 0 Å². The lowest BCUT2D eigenvalue weighted by Crippen LogP contribution is -2.28. The van der Waals surface area contributed by atoms with Gasteiger partial charge in [-0.25, -0.2) is 0 Å². The Labute approximate surface area is 126 Å². The van der Waals surface area contributed by atoms with Crippen molar-refractivity contribution in [1.82, 2.24) is 10.3 Å². The highest BCUT2D eigenvalue weighted by Gasteiger charge is 2.15. The molecule has 0 radical (unpaired) electrons. The number of carbonyl (C=O) groups excluding carboxylic acids is 1. The summed E-state index contributed by atoms with van der Waals surface area (Å²) >= 11 is 3.47. The molecule has 2 rings (SSSR count). The van der Waals surface area contributed by atoms with E-state index in [9.17, 15) is 9.90 Å². The number of halogens is 1. The molecule has 0 saturated carbocycles. The number of benzene rings is 1. The molecule has 1 aromatic carbocycles. The fraction of sp³-hybridized carbons (Fsp3) is 0.400. The van der Waals surface area contributed by atoms with Crippen LogP contribution in [0.25, 0.3) is 10.9 Å². The second kappa shape index (κ2) is 6.41. The largest absolute Gasteiger partial charge is 0.393 e. The Kier molecular flexibility index (Phi) is 4.83. The third-order valence-corrected chi connectivity index (χ3v) is 4.06. The molecule has 0 aliphatic carbocycles. The second-order valence-corrected chi connectivity index (χ2v) is 6.08. The van der Waals surface area contributed by atoms with Crippen molar-refractivity contribution in [2.45, 2.75) is 26.4 Å². The average Bonchev–Trinajstić information content (AvgIpc) is 2.83. The van der Waals surface area contributed by atoms with Gasteiger partial charge in [0.15, 0.2) is 0 Å². The molecular weight excluding hydrogens is 320 g/mol. The highest BCUT2D eigenvalue weighted by Crippen LogP contribution is 2.26. The Morgan fingerprint density at radius 2 is 2.20 bits per heavy atom. The lowest BCUT2D eigenvalue weighted by atomic mass is 10.0. The van der Waals surface area contributed by atoms with Crippen LogP contribution in [0.15, 0.2) is 28.9 Å². The molecule has 1 aromatic heterocycles. The summed E-state index contributed by atoms with van der Waals surface area (Å²) < 4.78 is 0.892. The number of hydrogen-bond acceptors (Lipinski definition) is 2. The summed E-state index contributed by atoms with van der Waals surface area (Å²) in [6, 6.07) is 5.76. The van der Waals surface area contributed by atoms with Gasteiger partial charge in [0.25, 0.3) is 5.91 Å². The molecule has 108 valence electrons. The van der Waals surface area contributed by atoms with Crippen LogP contribution in [0.5, 0.6) is 0 Å². The van der Waals surface area contributed by atoms with Crippen molar-refractivity contribution < 1.29 is 9.90 Å². The third-order valence-electron chi connectivity index (χ3n) is 3.39. The molecule has 5 heteroatoms. The topological polar surface area (TPSA) is 65.1 Å². The average molecular weight is 339 g/mol. The molecule has 1 heterocycles. The predicted molar refractivity (Wildman–Crippen MR) is 83.8 cm³/mol. The van der Waals surface area contributed by atoms with Gasteiger partial charge < -0.3 is 15.4 Å². The van der Waals surface area contributed by atoms with Crippen molar-refractivity contribution >= 4 is 32.7 Å². The van der Waals surface area contributed by atoms with Gasteiger partial charge in [-0.2, -0.15) is 0 Å². The van der Waals surface area contributed by atoms with Gasteiger partial charge in [-0.15, -0.1) is 0 Å². The number of H-pyrrole nitrogens is 1. The van der Waals surface area contributed by atoms with Crippen LogP contribution in [0.1, 0.15) is 30.6 Å². The molecule has 1 unspecified atom stereocenters. The van der Waals surface area contributed by atoms with Crippen molar-refractivity contribution in [3.63, 3.8) is 0 Å². The van der Waals surface area contributed by atoms with E-state index in [0.717, 1.165) is 15.4 Å². The first kappa shape index (κ1) is 15.1. The van der Waals surface area contributed by atoms with E-state index in [0.29, 0.717) is 18.5 Å². The molecule has 4 nitrogen and oxygen atoms in total. The van der Waals surface area contributed by atoms with Gasteiger partial charge in [-0.3, -0.25) is 4.79 Å². The van der Waals surface area contributed by atoms with E-state index in [1.165, 1.54) is 0 Å². The lowest BCUT2D eigenvalue weighted by Gasteiger charge is -2.14. The number of rotatable bonds is 5. The number of amides is 1. The molecule has 3 N–H and O–H groups in total. The smallest absolute Gasteiger partial charge is 0.253 e. The molecule has 0 aliphatic heterocycles. The molecule has 0 bridgehead atoms. The predicted octanol–water partition coefficient (Wildman–Crippen LogP) is 3.07. The minimum absolute atomic E-state index is 0.126. The zero-order chi connectivity index (χ0) is 14.7. The number of hydrogen-bond donors (Lipinski definition) is 3. The summed E-state index contributed by atoms with van der Waals surface area (Å²) in [6.45, 7) is 4.39. The van der Waals surface area contributed by atoms with Gasteiger partial charge in [0.1, 0.15) is 0 Å². The van der Waals surface area contributed by atoms with E-state index in [1.54, 1.807) is 6.20 Å². The van der Waals surface area contributed by atoms with E-state index >= 15 is 0 Å². The van der Waals surface area contributed by atoms with Crippen LogP contribution in [-0.2, 0) is 0 Å². The van der Waals surface area contributed by atoms with Crippen molar-refractivity contribution in [2.75, 3.05) is 6.54 Å². The third kappa shape index (κ3) is 3.22. The Bertz CT molecular complexity index is 607. The minimum atomic E-state index is -0.384. The number of aromatic amines is 1. The highest BCUT2D eigenvalue weighted by molar-refractivity contribution is 9.10. The quantitative estimate of drug-likeness (QED) is 0.784. The maximum atomic E-state index is 12.2. The van der Waals surface area contributed by atoms with Crippen LogP contribution in [0.3, 0.4) is 0 Å². The van der Waals surface area contributed by atoms with Crippen LogP contribution in [0.4, 0.5) is 0 Å². The SMILES string of the molecule is CC(C)C(O)CCNC(=O)c1c[nH]c2cccc(Br)c12. The van der Waals surface area contributed by atoms with Crippen LogP contribution in [-0.4, -0.2) is 28.6 Å². The fourth-order valence-electron chi connectivity index (χ4n) is 2.08. The highest BCUT2D eigenvalue weighted by atomic mass is 79.9. The Morgan fingerprint density at radius 1 is 1.45 bits per heavy atom. The summed E-state index contributed by atoms with van der Waals surface area (Å²) in [5.41, 5.74) is 1.54. The molecule has 0 saturated heterocycles. The zero-order valence-corrected chi connectivity index (χ0v) is 13.2. The number of aliphatic hydroxyl groups is 1. The first-order chi connectivity index (χ1) is 9.50. The monoisotopic (exact) mass is 338 g/mol. The first-order valence-electron chi connectivity index (χ1n) is 6.72. The van der Waals surface area contributed by atoms with Crippen molar-refractivity contribution in [2.24, 2.45) is 5.92 Å². The van der Waals surface area contributed by atoms with E-state index in [-0.39, 0.29) is 17.9 Å². The lowest BCUT2D eigenvalue weighted by molar-refractivity contribution is 0.0921. The number of carbonyl (C=O) groups is 1. The molecule has 0 spiro atoms. The molecule has 1 atom stereocenters. The summed E-state index contributed by atoms with van der Waals surface area (Å²) in [5, 5.41) is 13.5. The zero-order valence-electron chi connectivity index (χ0n) is 11.6. The van der Waals surface area contributed by atoms with Gasteiger partial charge >= 0.3 is 0 Å². The van der Waals surface area contributed by atoms with Gasteiger partial charge in [-0.1, -0.05) is 35.8 Å². The van der Waals surface area contributed by atoms with Gasteiger partial charge in [-0.05, 0) is 24.5 Å². The Hall–Kier alpha value is -1.33. The maximum absolute atomic E-state index is 12.2. The molecule has 20 heavy (non-hydrogen) atoms. The second-order valence-electron chi connectivity index (χ2n) is 5.22. The van der Waals surface area contributed by atoms with Gasteiger partial charge in [0, 0.05) is 28.1 Å². The van der Waals surface area contributed by atoms with Crippen molar-refractivity contribution in [3.8, 4) is 0 Å². The van der Waals surface area contributed by atoms with Crippen molar-refractivity contribution in [3.05, 3.63) is 34.4 Å². The first-order valence-corrected chi connectivity index (χ1v) is 7.52. The molecule has 2 aromatic rings. The van der Waals surface area contributed by atoms with E-state index in [4.69, 9.17) is 0 Å². The molecule has 0 fully saturated rings. The summed E-state index contributed by atoms with van der Waals surface area (Å²) in [4.78, 5) is 15.3. The Morgan fingerprint density at radius 3 is 2.90 bits per heavy atom. The molecule has 0 aliphatic rings. The number of fused-ring (bicyclic) bond motifs is 1. The number of aromatic nitrogens is 1. The normalized spacial score (nSPS) is 12.8. The van der Waals surface area contributed by atoms with Crippen molar-refractivity contribution in [1.29, 1.82) is 0 Å². The fourth-order valence-corrected chi connectivity index (χ4v) is 2.66. The summed E-state index contributed by atoms with van der Waals surface area (Å²) in [7, 11) is 0. The van der Waals surface area contributed by atoms with Crippen LogP contribution in [0.2, 0.25) is 0 Å². The summed E-state index contributed by atoms with van der Waals surface area (Å²) in [5.74, 6) is 0.0771. The Balaban J connectivity index is 2.05. The van der Waals surface area contributed by atoms with Crippen LogP contribution < -0.4 is 5.32 Å². The molecular formula is C15H19BrN2O2.